The highest BCUT2D eigenvalue weighted by molar-refractivity contribution is 6.10. The van der Waals surface area contributed by atoms with Gasteiger partial charge in [-0.1, -0.05) is 30.3 Å². The summed E-state index contributed by atoms with van der Waals surface area (Å²) in [5.41, 5.74) is -0.390. The van der Waals surface area contributed by atoms with Crippen molar-refractivity contribution in [1.82, 2.24) is 19.9 Å². The van der Waals surface area contributed by atoms with Crippen molar-refractivity contribution in [2.24, 2.45) is 0 Å². The molecule has 42 heavy (non-hydrogen) atoms. The van der Waals surface area contributed by atoms with Gasteiger partial charge in [0.2, 0.25) is 0 Å². The van der Waals surface area contributed by atoms with Gasteiger partial charge in [-0.25, -0.2) is 29.1 Å². The number of benzene rings is 1. The van der Waals surface area contributed by atoms with Crippen molar-refractivity contribution >= 4 is 70.2 Å². The number of aromatic amines is 2. The molecule has 1 aromatic carbocycles. The molecule has 0 aliphatic carbocycles. The van der Waals surface area contributed by atoms with Crippen LogP contribution < -0.4 is 0 Å². The highest BCUT2D eigenvalue weighted by Gasteiger charge is 2.25. The minimum Gasteiger partial charge on any atom is -0.478 e. The van der Waals surface area contributed by atoms with Crippen LogP contribution in [-0.4, -0.2) is 64.2 Å². The summed E-state index contributed by atoms with van der Waals surface area (Å²) in [5.74, 6) is -5.65. The largest absolute Gasteiger partial charge is 0.478 e. The zero-order valence-electron chi connectivity index (χ0n) is 21.2. The zero-order valence-corrected chi connectivity index (χ0v) is 21.2. The molecule has 2 aliphatic rings. The lowest BCUT2D eigenvalue weighted by Gasteiger charge is -2.03. The van der Waals surface area contributed by atoms with Crippen LogP contribution in [0.1, 0.15) is 64.2 Å². The average molecular weight is 562 g/mol. The molecule has 0 fully saturated rings. The van der Waals surface area contributed by atoms with E-state index in [0.29, 0.717) is 11.1 Å². The standard InChI is InChI=1S/C30H18N4O8/c35-27(36)14-12-21-22(13-4-2-1-3-5-13)15-6-7-16(31-15)23(28(37)38)17-8-9-18(32-17)24(29(39)40)19-10-11-20(33-19)25(30(41)42)26(14)34-21/h1-12,32,34H,(H,35,36)(H,37,38)(H,39,40)(H,41,42). The van der Waals surface area contributed by atoms with Crippen LogP contribution in [0.4, 0.5) is 0 Å². The Hall–Kier alpha value is -6.30. The number of carbonyl (C=O) groups is 4. The molecule has 2 aliphatic heterocycles. The molecule has 8 bridgehead atoms. The molecule has 6 N–H and O–H groups in total. The maximum absolute atomic E-state index is 12.5. The van der Waals surface area contributed by atoms with Crippen molar-refractivity contribution in [2.45, 2.75) is 0 Å². The maximum atomic E-state index is 12.5. The molecule has 0 saturated heterocycles. The fraction of sp³-hybridized carbons (Fsp3) is 0. The summed E-state index contributed by atoms with van der Waals surface area (Å²) in [7, 11) is 0. The third kappa shape index (κ3) is 4.19. The first-order valence-electron chi connectivity index (χ1n) is 12.3. The van der Waals surface area contributed by atoms with E-state index in [1.165, 1.54) is 36.4 Å². The number of fused-ring (bicyclic) bond motifs is 8. The second-order valence-corrected chi connectivity index (χ2v) is 9.28. The monoisotopic (exact) mass is 562 g/mol. The molecule has 12 nitrogen and oxygen atoms in total. The lowest BCUT2D eigenvalue weighted by Crippen LogP contribution is -2.05. The van der Waals surface area contributed by atoms with E-state index in [1.807, 2.05) is 0 Å². The smallest absolute Gasteiger partial charge is 0.340 e. The predicted molar refractivity (Wildman–Crippen MR) is 152 cm³/mol. The third-order valence-corrected chi connectivity index (χ3v) is 6.80. The molecule has 0 spiro atoms. The van der Waals surface area contributed by atoms with E-state index in [9.17, 15) is 39.6 Å². The number of rotatable bonds is 5. The molecule has 6 rings (SSSR count). The Bertz CT molecular complexity index is 2100. The Balaban J connectivity index is 1.92. The molecular weight excluding hydrogens is 544 g/mol. The third-order valence-electron chi connectivity index (χ3n) is 6.80. The van der Waals surface area contributed by atoms with Crippen LogP contribution in [0.5, 0.6) is 0 Å². The van der Waals surface area contributed by atoms with Crippen molar-refractivity contribution in [2.75, 3.05) is 0 Å². The molecule has 0 saturated carbocycles. The Labute approximate surface area is 234 Å². The highest BCUT2D eigenvalue weighted by Crippen LogP contribution is 2.33. The molecule has 12 heteroatoms. The quantitative estimate of drug-likeness (QED) is 0.163. The van der Waals surface area contributed by atoms with E-state index in [-0.39, 0.29) is 61.5 Å². The van der Waals surface area contributed by atoms with Gasteiger partial charge in [0.25, 0.3) is 0 Å². The Morgan fingerprint density at radius 3 is 1.57 bits per heavy atom. The van der Waals surface area contributed by atoms with Crippen LogP contribution in [0.2, 0.25) is 0 Å². The number of hydrogen-bond acceptors (Lipinski definition) is 6. The van der Waals surface area contributed by atoms with E-state index in [4.69, 9.17) is 0 Å². The van der Waals surface area contributed by atoms with Gasteiger partial charge in [0, 0.05) is 11.1 Å². The lowest BCUT2D eigenvalue weighted by atomic mass is 10.0. The topological polar surface area (TPSA) is 207 Å². The summed E-state index contributed by atoms with van der Waals surface area (Å²) in [6.45, 7) is 0. The first-order chi connectivity index (χ1) is 20.1. The van der Waals surface area contributed by atoms with Gasteiger partial charge in [-0.2, -0.15) is 0 Å². The van der Waals surface area contributed by atoms with Crippen LogP contribution in [0.15, 0.2) is 48.5 Å². The van der Waals surface area contributed by atoms with Crippen molar-refractivity contribution < 1.29 is 39.6 Å². The molecule has 5 heterocycles. The summed E-state index contributed by atoms with van der Waals surface area (Å²) < 4.78 is 0. The molecule has 3 aromatic heterocycles. The number of hydrogen-bond donors (Lipinski definition) is 6. The summed E-state index contributed by atoms with van der Waals surface area (Å²) in [4.78, 5) is 64.2. The van der Waals surface area contributed by atoms with Gasteiger partial charge in [-0.05, 0) is 48.1 Å². The van der Waals surface area contributed by atoms with Crippen LogP contribution in [0.25, 0.3) is 57.5 Å². The van der Waals surface area contributed by atoms with Crippen molar-refractivity contribution in [1.29, 1.82) is 0 Å². The van der Waals surface area contributed by atoms with Crippen molar-refractivity contribution in [3.8, 4) is 11.1 Å². The average Bonchev–Trinajstić information content (AvgIpc) is 3.74. The number of carboxylic acids is 4. The predicted octanol–water partition coefficient (Wildman–Crippen LogP) is 5.12. The van der Waals surface area contributed by atoms with E-state index in [1.54, 1.807) is 36.4 Å². The van der Waals surface area contributed by atoms with E-state index >= 15 is 0 Å². The van der Waals surface area contributed by atoms with Crippen LogP contribution in [0, 0.1) is 0 Å². The molecule has 0 atom stereocenters. The van der Waals surface area contributed by atoms with Gasteiger partial charge in [-0.3, -0.25) is 0 Å². The van der Waals surface area contributed by atoms with Gasteiger partial charge in [0.05, 0.1) is 44.9 Å². The Kier molecular flexibility index (Phi) is 6.00. The van der Waals surface area contributed by atoms with Gasteiger partial charge in [0.15, 0.2) is 0 Å². The fourth-order valence-electron chi connectivity index (χ4n) is 5.04. The molecule has 0 unspecified atom stereocenters. The fourth-order valence-corrected chi connectivity index (χ4v) is 5.04. The SMILES string of the molecule is O=C(O)c1c2nc(c(-c3ccccc3)c3cc(C(=O)O)c([nH]3)c(C(=O)O)c3nc(c(C(=O)O)c4ccc1[nH]4)C=C3)C=C2. The van der Waals surface area contributed by atoms with E-state index in [2.05, 4.69) is 19.9 Å². The minimum atomic E-state index is -1.49. The van der Waals surface area contributed by atoms with Crippen molar-refractivity contribution in [3.05, 3.63) is 93.6 Å². The second-order valence-electron chi connectivity index (χ2n) is 9.28. The summed E-state index contributed by atoms with van der Waals surface area (Å²) in [6.07, 6.45) is 5.60. The van der Waals surface area contributed by atoms with Crippen LogP contribution in [0.3, 0.4) is 0 Å². The normalized spacial score (nSPS) is 11.9. The number of nitrogens with zero attached hydrogens (tertiary/aromatic N) is 2. The van der Waals surface area contributed by atoms with Gasteiger partial charge >= 0.3 is 23.9 Å². The highest BCUT2D eigenvalue weighted by atomic mass is 16.4. The number of carboxylic acid groups (broad SMARTS) is 4. The summed E-state index contributed by atoms with van der Waals surface area (Å²) in [5, 5.41) is 40.4. The first-order valence-corrected chi connectivity index (χ1v) is 12.3. The summed E-state index contributed by atoms with van der Waals surface area (Å²) in [6, 6.07) is 12.8. The summed E-state index contributed by atoms with van der Waals surface area (Å²) >= 11 is 0. The minimum absolute atomic E-state index is 0.0153. The molecule has 0 amide bonds. The molecule has 0 radical (unpaired) electrons. The number of aromatic carboxylic acids is 4. The van der Waals surface area contributed by atoms with Gasteiger partial charge in [-0.15, -0.1) is 0 Å². The van der Waals surface area contributed by atoms with Gasteiger partial charge in [0.1, 0.15) is 16.7 Å². The molecular formula is C30H18N4O8. The number of nitrogens with one attached hydrogen (secondary N) is 2. The lowest BCUT2D eigenvalue weighted by molar-refractivity contribution is 0.0684. The van der Waals surface area contributed by atoms with E-state index in [0.717, 1.165) is 0 Å². The van der Waals surface area contributed by atoms with Crippen molar-refractivity contribution in [3.63, 3.8) is 0 Å². The second kappa shape index (κ2) is 9.71. The zero-order chi connectivity index (χ0) is 29.7. The number of H-pyrrole nitrogens is 2. The molecule has 4 aromatic rings. The molecule has 206 valence electrons. The Morgan fingerprint density at radius 2 is 1.05 bits per heavy atom. The van der Waals surface area contributed by atoms with E-state index < -0.39 is 29.4 Å². The van der Waals surface area contributed by atoms with Gasteiger partial charge < -0.3 is 30.4 Å². The number of aromatic nitrogens is 4. The first kappa shape index (κ1) is 26.0. The van der Waals surface area contributed by atoms with Crippen LogP contribution >= 0.6 is 0 Å². The van der Waals surface area contributed by atoms with Crippen LogP contribution in [-0.2, 0) is 0 Å². The maximum Gasteiger partial charge on any atom is 0.340 e. The Morgan fingerprint density at radius 1 is 0.548 bits per heavy atom.